The number of hydrogen-bond donors (Lipinski definition) is 5. The van der Waals surface area contributed by atoms with E-state index in [1.54, 1.807) is 7.05 Å². The average molecular weight is 621 g/mol. The fourth-order valence-corrected chi connectivity index (χ4v) is 3.70. The molecule has 38 heavy (non-hydrogen) atoms. The summed E-state index contributed by atoms with van der Waals surface area (Å²) in [5.74, 6) is 0.200. The Kier molecular flexibility index (Phi) is 12.2. The van der Waals surface area contributed by atoms with Crippen molar-refractivity contribution in [2.45, 2.75) is 52.3 Å². The third kappa shape index (κ3) is 10.4. The Morgan fingerprint density at radius 2 is 1.45 bits per heavy atom. The fraction of sp³-hybridized carbons (Fsp3) is 0.407. The molecule has 2 rings (SSSR count). The summed E-state index contributed by atoms with van der Waals surface area (Å²) in [4.78, 5) is 0. The van der Waals surface area contributed by atoms with Crippen LogP contribution in [0.5, 0.6) is 0 Å². The van der Waals surface area contributed by atoms with Gasteiger partial charge in [-0.25, -0.2) is 0 Å². The number of ether oxygens (including phenoxy) is 1. The third-order valence-electron chi connectivity index (χ3n) is 5.89. The molecule has 8 nitrogen and oxygen atoms in total. The van der Waals surface area contributed by atoms with Gasteiger partial charge in [0, 0.05) is 28.2 Å². The molecule has 0 saturated carbocycles. The summed E-state index contributed by atoms with van der Waals surface area (Å²) in [6.07, 6.45) is 0.695. The van der Waals surface area contributed by atoms with E-state index < -0.39 is 5.72 Å². The van der Waals surface area contributed by atoms with Gasteiger partial charge in [-0.2, -0.15) is 10.2 Å². The first kappa shape index (κ1) is 31.8. The van der Waals surface area contributed by atoms with Crippen molar-refractivity contribution in [1.82, 2.24) is 21.5 Å². The SMILES string of the molecule is CNC(=S)N/N=C(/C(=N/NC(=S)NC(C)(C)CCOC(C)(N)C(C)C)c1ccccc1)c1ccc(Br)cc1. The second-order valence-electron chi connectivity index (χ2n) is 9.87. The number of rotatable bonds is 11. The minimum atomic E-state index is -0.684. The number of halogens is 1. The maximum atomic E-state index is 6.23. The zero-order chi connectivity index (χ0) is 28.3. The lowest BCUT2D eigenvalue weighted by Gasteiger charge is -2.32. The Hall–Kier alpha value is -2.44. The average Bonchev–Trinajstić information content (AvgIpc) is 2.86. The van der Waals surface area contributed by atoms with E-state index in [-0.39, 0.29) is 11.5 Å². The number of thiocarbonyl (C=S) groups is 2. The van der Waals surface area contributed by atoms with Crippen molar-refractivity contribution in [3.63, 3.8) is 0 Å². The van der Waals surface area contributed by atoms with Crippen LogP contribution in [0.2, 0.25) is 0 Å². The first-order chi connectivity index (χ1) is 17.8. The molecule has 1 atom stereocenters. The minimum Gasteiger partial charge on any atom is -0.364 e. The van der Waals surface area contributed by atoms with Crippen molar-refractivity contribution >= 4 is 62.0 Å². The molecule has 0 bridgehead atoms. The van der Waals surface area contributed by atoms with Crippen LogP contribution < -0.4 is 27.2 Å². The van der Waals surface area contributed by atoms with E-state index in [0.717, 1.165) is 15.6 Å². The highest BCUT2D eigenvalue weighted by molar-refractivity contribution is 9.10. The quantitative estimate of drug-likeness (QED) is 0.107. The van der Waals surface area contributed by atoms with E-state index >= 15 is 0 Å². The second-order valence-corrected chi connectivity index (χ2v) is 11.6. The second kappa shape index (κ2) is 14.6. The third-order valence-corrected chi connectivity index (χ3v) is 6.91. The smallest absolute Gasteiger partial charge is 0.187 e. The summed E-state index contributed by atoms with van der Waals surface area (Å²) >= 11 is 14.3. The van der Waals surface area contributed by atoms with Crippen LogP contribution in [-0.2, 0) is 4.74 Å². The molecule has 0 fully saturated rings. The van der Waals surface area contributed by atoms with E-state index in [2.05, 4.69) is 47.6 Å². The highest BCUT2D eigenvalue weighted by Gasteiger charge is 2.26. The van der Waals surface area contributed by atoms with Crippen LogP contribution in [0.15, 0.2) is 69.3 Å². The Balaban J connectivity index is 2.29. The standard InChI is InChI=1S/C27H38BrN7OS2/c1-18(2)27(5,29)36-17-16-26(3,4)31-25(38)35-33-22(19-10-8-7-9-11-19)23(32-34-24(37)30-6)20-12-14-21(28)15-13-20/h7-15,18H,16-17,29H2,1-6H3,(H2,30,34,37)(H2,31,35,38)/b32-23+,33-22+. The molecule has 2 aromatic rings. The molecular formula is C27H38BrN7OS2. The summed E-state index contributed by atoms with van der Waals surface area (Å²) in [5, 5.41) is 16.2. The summed E-state index contributed by atoms with van der Waals surface area (Å²) in [6.45, 7) is 10.6. The zero-order valence-corrected chi connectivity index (χ0v) is 26.0. The molecule has 0 aliphatic rings. The molecule has 11 heteroatoms. The summed E-state index contributed by atoms with van der Waals surface area (Å²) in [5.41, 5.74) is 13.9. The summed E-state index contributed by atoms with van der Waals surface area (Å²) in [6, 6.07) is 17.5. The van der Waals surface area contributed by atoms with Gasteiger partial charge in [0.05, 0.1) is 6.61 Å². The Morgan fingerprint density at radius 1 is 0.921 bits per heavy atom. The predicted octanol–water partition coefficient (Wildman–Crippen LogP) is 4.63. The molecule has 1 unspecified atom stereocenters. The Labute approximate surface area is 245 Å². The van der Waals surface area contributed by atoms with Crippen molar-refractivity contribution in [3.05, 3.63) is 70.2 Å². The molecule has 0 heterocycles. The van der Waals surface area contributed by atoms with Gasteiger partial charge < -0.3 is 21.1 Å². The molecular weight excluding hydrogens is 582 g/mol. The molecule has 0 spiro atoms. The minimum absolute atomic E-state index is 0.200. The van der Waals surface area contributed by atoms with Gasteiger partial charge in [0.25, 0.3) is 0 Å². The lowest BCUT2D eigenvalue weighted by molar-refractivity contribution is -0.0649. The highest BCUT2D eigenvalue weighted by Crippen LogP contribution is 2.18. The number of hydrogen-bond acceptors (Lipinski definition) is 6. The van der Waals surface area contributed by atoms with Gasteiger partial charge >= 0.3 is 0 Å². The largest absolute Gasteiger partial charge is 0.364 e. The van der Waals surface area contributed by atoms with Crippen molar-refractivity contribution in [2.75, 3.05) is 13.7 Å². The number of hydrazone groups is 2. The van der Waals surface area contributed by atoms with Crippen LogP contribution in [0, 0.1) is 5.92 Å². The summed E-state index contributed by atoms with van der Waals surface area (Å²) in [7, 11) is 1.73. The molecule has 0 aliphatic carbocycles. The van der Waals surface area contributed by atoms with Crippen LogP contribution in [0.1, 0.15) is 52.2 Å². The zero-order valence-electron chi connectivity index (χ0n) is 22.8. The predicted molar refractivity (Wildman–Crippen MR) is 169 cm³/mol. The van der Waals surface area contributed by atoms with Crippen LogP contribution in [0.3, 0.4) is 0 Å². The van der Waals surface area contributed by atoms with Gasteiger partial charge in [-0.3, -0.25) is 10.9 Å². The first-order valence-corrected chi connectivity index (χ1v) is 13.9. The fourth-order valence-electron chi connectivity index (χ4n) is 3.07. The van der Waals surface area contributed by atoms with Gasteiger partial charge in [0.15, 0.2) is 10.2 Å². The number of nitrogens with one attached hydrogen (secondary N) is 4. The van der Waals surface area contributed by atoms with Gasteiger partial charge in [0.1, 0.15) is 17.1 Å². The van der Waals surface area contributed by atoms with Crippen molar-refractivity contribution in [1.29, 1.82) is 0 Å². The first-order valence-electron chi connectivity index (χ1n) is 12.3. The number of nitrogens with two attached hydrogens (primary N) is 1. The normalized spacial score (nSPS) is 14.0. The lowest BCUT2D eigenvalue weighted by Crippen LogP contribution is -2.49. The topological polar surface area (TPSA) is 108 Å². The molecule has 2 aromatic carbocycles. The van der Waals surface area contributed by atoms with E-state index in [0.29, 0.717) is 34.7 Å². The molecule has 0 aliphatic heterocycles. The van der Waals surface area contributed by atoms with E-state index in [1.165, 1.54) is 0 Å². The van der Waals surface area contributed by atoms with Crippen LogP contribution in [-0.4, -0.2) is 46.6 Å². The number of benzene rings is 2. The molecule has 0 radical (unpaired) electrons. The van der Waals surface area contributed by atoms with E-state index in [1.807, 2.05) is 89.2 Å². The maximum absolute atomic E-state index is 6.23. The van der Waals surface area contributed by atoms with Crippen molar-refractivity contribution < 1.29 is 4.74 Å². The van der Waals surface area contributed by atoms with Crippen LogP contribution in [0.4, 0.5) is 0 Å². The Bertz CT molecular complexity index is 1130. The van der Waals surface area contributed by atoms with Gasteiger partial charge in [-0.05, 0) is 69.7 Å². The van der Waals surface area contributed by atoms with Crippen LogP contribution in [0.25, 0.3) is 0 Å². The molecule has 0 amide bonds. The number of nitrogens with zero attached hydrogens (tertiary/aromatic N) is 2. The molecule has 6 N–H and O–H groups in total. The van der Waals surface area contributed by atoms with Gasteiger partial charge in [-0.1, -0.05) is 72.2 Å². The van der Waals surface area contributed by atoms with Gasteiger partial charge in [0.2, 0.25) is 0 Å². The maximum Gasteiger partial charge on any atom is 0.187 e. The lowest BCUT2D eigenvalue weighted by atomic mass is 10.00. The van der Waals surface area contributed by atoms with E-state index in [9.17, 15) is 0 Å². The Morgan fingerprint density at radius 3 is 1.97 bits per heavy atom. The molecule has 0 saturated heterocycles. The van der Waals surface area contributed by atoms with Crippen molar-refractivity contribution in [2.24, 2.45) is 21.9 Å². The van der Waals surface area contributed by atoms with Crippen molar-refractivity contribution in [3.8, 4) is 0 Å². The monoisotopic (exact) mass is 619 g/mol. The summed E-state index contributed by atoms with van der Waals surface area (Å²) < 4.78 is 6.87. The van der Waals surface area contributed by atoms with E-state index in [4.69, 9.17) is 34.9 Å². The van der Waals surface area contributed by atoms with Crippen LogP contribution >= 0.6 is 40.4 Å². The van der Waals surface area contributed by atoms with Gasteiger partial charge in [-0.15, -0.1) is 0 Å². The highest BCUT2D eigenvalue weighted by atomic mass is 79.9. The molecule has 206 valence electrons. The molecule has 0 aromatic heterocycles.